The summed E-state index contributed by atoms with van der Waals surface area (Å²) >= 11 is 5.12. The van der Waals surface area contributed by atoms with Gasteiger partial charge in [0.25, 0.3) is 0 Å². The molecule has 0 aliphatic heterocycles. The van der Waals surface area contributed by atoms with E-state index >= 15 is 0 Å². The first-order valence-electron chi connectivity index (χ1n) is 2.57. The third-order valence-electron chi connectivity index (χ3n) is 0.585. The summed E-state index contributed by atoms with van der Waals surface area (Å²) in [5, 5.41) is 9.02. The van der Waals surface area contributed by atoms with E-state index in [-0.39, 0.29) is 6.54 Å². The summed E-state index contributed by atoms with van der Waals surface area (Å²) in [5.74, 6) is -0.578. The zero-order chi connectivity index (χ0) is 7.98. The minimum Gasteiger partial charge on any atom is -0.343 e. The van der Waals surface area contributed by atoms with Crippen molar-refractivity contribution in [2.45, 2.75) is 6.92 Å². The summed E-state index contributed by atoms with van der Waals surface area (Å²) in [7, 11) is 0. The molecule has 10 heavy (non-hydrogen) atoms. The van der Waals surface area contributed by atoms with Gasteiger partial charge in [0, 0.05) is 12.5 Å². The number of carbonyl (C=O) groups excluding carboxylic acids is 1. The van der Waals surface area contributed by atoms with Crippen molar-refractivity contribution >= 4 is 17.6 Å². The van der Waals surface area contributed by atoms with Crippen molar-refractivity contribution in [1.82, 2.24) is 5.23 Å². The van der Waals surface area contributed by atoms with Gasteiger partial charge in [-0.15, -0.1) is 0 Å². The Kier molecular flexibility index (Phi) is 4.92. The Bertz CT molecular complexity index is 137. The maximum Gasteiger partial charge on any atom is 0.325 e. The second-order valence-corrected chi connectivity index (χ2v) is 1.73. The van der Waals surface area contributed by atoms with Gasteiger partial charge in [-0.3, -0.25) is 10.0 Å². The smallest absolute Gasteiger partial charge is 0.325 e. The van der Waals surface area contributed by atoms with Gasteiger partial charge >= 0.3 is 5.97 Å². The molecule has 0 aromatic rings. The molecule has 0 aliphatic rings. The molecule has 0 rings (SSSR count). The van der Waals surface area contributed by atoms with E-state index in [2.05, 4.69) is 4.84 Å². The van der Waals surface area contributed by atoms with E-state index < -0.39 is 5.97 Å². The fourth-order valence-electron chi connectivity index (χ4n) is 0.316. The van der Waals surface area contributed by atoms with E-state index in [0.29, 0.717) is 5.23 Å². The average Bonchev–Trinajstić information content (AvgIpc) is 1.82. The number of halogens is 1. The third-order valence-corrected chi connectivity index (χ3v) is 0.763. The maximum atomic E-state index is 10.1. The molecule has 4 nitrogen and oxygen atoms in total. The van der Waals surface area contributed by atoms with Gasteiger partial charge in [-0.05, 0) is 5.23 Å². The van der Waals surface area contributed by atoms with Crippen LogP contribution in [0.4, 0.5) is 0 Å². The Morgan fingerprint density at radius 2 is 2.50 bits per heavy atom. The van der Waals surface area contributed by atoms with Crippen molar-refractivity contribution in [3.05, 3.63) is 11.6 Å². The largest absolute Gasteiger partial charge is 0.343 e. The van der Waals surface area contributed by atoms with Crippen LogP contribution in [0.2, 0.25) is 0 Å². The predicted molar refractivity (Wildman–Crippen MR) is 35.3 cm³/mol. The summed E-state index contributed by atoms with van der Waals surface area (Å²) < 4.78 is 0. The average molecular weight is 166 g/mol. The van der Waals surface area contributed by atoms with Crippen molar-refractivity contribution < 1.29 is 14.8 Å². The Balaban J connectivity index is 3.43. The molecule has 0 spiro atoms. The molecule has 0 aliphatic carbocycles. The number of nitrogens with zero attached hydrogens (tertiary/aromatic N) is 1. The zero-order valence-corrected chi connectivity index (χ0v) is 6.21. The fourth-order valence-corrected chi connectivity index (χ4v) is 0.395. The summed E-state index contributed by atoms with van der Waals surface area (Å²) in [5.41, 5.74) is 1.21. The highest BCUT2D eigenvalue weighted by molar-refractivity contribution is 6.25. The van der Waals surface area contributed by atoms with Crippen LogP contribution in [0.5, 0.6) is 0 Å². The molecular formula is C5H8ClNO3. The molecule has 0 aromatic heterocycles. The SMILES string of the molecule is CC(=O)ON(O)CC=CCl. The maximum absolute atomic E-state index is 10.1. The van der Waals surface area contributed by atoms with Crippen molar-refractivity contribution in [3.8, 4) is 0 Å². The lowest BCUT2D eigenvalue weighted by Gasteiger charge is -2.08. The first-order valence-corrected chi connectivity index (χ1v) is 3.00. The minimum absolute atomic E-state index is 0.0586. The molecular weight excluding hydrogens is 158 g/mol. The quantitative estimate of drug-likeness (QED) is 0.632. The first kappa shape index (κ1) is 9.42. The zero-order valence-electron chi connectivity index (χ0n) is 5.45. The molecule has 0 heterocycles. The monoisotopic (exact) mass is 165 g/mol. The lowest BCUT2D eigenvalue weighted by Crippen LogP contribution is -2.22. The number of hydrogen-bond acceptors (Lipinski definition) is 4. The van der Waals surface area contributed by atoms with Gasteiger partial charge in [-0.25, -0.2) is 0 Å². The Labute approximate surface area is 63.5 Å². The van der Waals surface area contributed by atoms with Gasteiger partial charge in [-0.1, -0.05) is 17.7 Å². The molecule has 5 heteroatoms. The van der Waals surface area contributed by atoms with Gasteiger partial charge < -0.3 is 4.84 Å². The number of hydrogen-bond donors (Lipinski definition) is 1. The van der Waals surface area contributed by atoms with Crippen molar-refractivity contribution in [2.24, 2.45) is 0 Å². The van der Waals surface area contributed by atoms with Crippen LogP contribution in [0.15, 0.2) is 11.6 Å². The standard InChI is InChI=1S/C5H8ClNO3/c1-5(8)10-7(9)4-2-3-6/h2-3,9H,4H2,1H3. The normalized spacial score (nSPS) is 10.8. The number of carbonyl (C=O) groups is 1. The molecule has 0 saturated carbocycles. The molecule has 0 atom stereocenters. The van der Waals surface area contributed by atoms with Crippen LogP contribution in [-0.4, -0.2) is 22.9 Å². The molecule has 0 bridgehead atoms. The number of rotatable bonds is 3. The highest BCUT2D eigenvalue weighted by atomic mass is 35.5. The van der Waals surface area contributed by atoms with E-state index in [1.54, 1.807) is 0 Å². The second-order valence-electron chi connectivity index (χ2n) is 1.48. The van der Waals surface area contributed by atoms with Gasteiger partial charge in [-0.2, -0.15) is 0 Å². The lowest BCUT2D eigenvalue weighted by atomic mass is 10.6. The van der Waals surface area contributed by atoms with Crippen molar-refractivity contribution in [2.75, 3.05) is 6.54 Å². The topological polar surface area (TPSA) is 49.8 Å². The van der Waals surface area contributed by atoms with Crippen molar-refractivity contribution in [1.29, 1.82) is 0 Å². The second kappa shape index (κ2) is 5.22. The van der Waals surface area contributed by atoms with Crippen LogP contribution in [0, 0.1) is 0 Å². The van der Waals surface area contributed by atoms with E-state index in [9.17, 15) is 4.79 Å². The molecule has 0 unspecified atom stereocenters. The van der Waals surface area contributed by atoms with Crippen LogP contribution < -0.4 is 0 Å². The van der Waals surface area contributed by atoms with Crippen LogP contribution >= 0.6 is 11.6 Å². The van der Waals surface area contributed by atoms with Crippen LogP contribution in [0.25, 0.3) is 0 Å². The first-order chi connectivity index (χ1) is 4.66. The highest BCUT2D eigenvalue weighted by Crippen LogP contribution is 1.87. The van der Waals surface area contributed by atoms with Gasteiger partial charge in [0.15, 0.2) is 0 Å². The van der Waals surface area contributed by atoms with E-state index in [1.807, 2.05) is 0 Å². The summed E-state index contributed by atoms with van der Waals surface area (Å²) in [6.45, 7) is 1.25. The van der Waals surface area contributed by atoms with E-state index in [4.69, 9.17) is 16.8 Å². The van der Waals surface area contributed by atoms with E-state index in [1.165, 1.54) is 18.5 Å². The Morgan fingerprint density at radius 3 is 2.90 bits per heavy atom. The summed E-state index contributed by atoms with van der Waals surface area (Å²) in [6, 6.07) is 0. The van der Waals surface area contributed by atoms with Gasteiger partial charge in [0.05, 0.1) is 6.54 Å². The minimum atomic E-state index is -0.578. The molecule has 0 radical (unpaired) electrons. The molecule has 0 fully saturated rings. The third kappa shape index (κ3) is 5.55. The fraction of sp³-hybridized carbons (Fsp3) is 0.400. The van der Waals surface area contributed by atoms with Crippen LogP contribution in [-0.2, 0) is 9.63 Å². The van der Waals surface area contributed by atoms with Gasteiger partial charge in [0.1, 0.15) is 0 Å². The molecule has 58 valence electrons. The predicted octanol–water partition coefficient (Wildman–Crippen LogP) is 0.908. The molecule has 0 aromatic carbocycles. The van der Waals surface area contributed by atoms with E-state index in [0.717, 1.165) is 0 Å². The Hall–Kier alpha value is -0.580. The van der Waals surface area contributed by atoms with Crippen molar-refractivity contribution in [3.63, 3.8) is 0 Å². The number of hydroxylamine groups is 2. The van der Waals surface area contributed by atoms with Crippen LogP contribution in [0.1, 0.15) is 6.92 Å². The molecule has 0 saturated heterocycles. The molecule has 1 N–H and O–H groups in total. The molecule has 0 amide bonds. The summed E-state index contributed by atoms with van der Waals surface area (Å²) in [4.78, 5) is 14.3. The highest BCUT2D eigenvalue weighted by Gasteiger charge is 1.99. The summed E-state index contributed by atoms with van der Waals surface area (Å²) in [6.07, 6.45) is 1.42. The Morgan fingerprint density at radius 1 is 1.90 bits per heavy atom. The lowest BCUT2D eigenvalue weighted by molar-refractivity contribution is -0.310. The van der Waals surface area contributed by atoms with Gasteiger partial charge in [0.2, 0.25) is 0 Å². The van der Waals surface area contributed by atoms with Crippen LogP contribution in [0.3, 0.4) is 0 Å².